The molecule has 5 heteroatoms. The van der Waals surface area contributed by atoms with Crippen molar-refractivity contribution in [3.05, 3.63) is 51.7 Å². The van der Waals surface area contributed by atoms with Gasteiger partial charge in [-0.1, -0.05) is 17.7 Å². The lowest BCUT2D eigenvalue weighted by Gasteiger charge is -2.31. The quantitative estimate of drug-likeness (QED) is 0.855. The molecular formula is C19H24N2O2S. The van der Waals surface area contributed by atoms with Gasteiger partial charge in [0, 0.05) is 18.7 Å². The van der Waals surface area contributed by atoms with E-state index < -0.39 is 0 Å². The van der Waals surface area contributed by atoms with Crippen molar-refractivity contribution in [1.82, 2.24) is 9.80 Å². The Kier molecular flexibility index (Phi) is 5.21. The van der Waals surface area contributed by atoms with E-state index in [0.29, 0.717) is 19.6 Å². The largest absolute Gasteiger partial charge is 0.491 e. The standard InChI is InChI=1S/C19H24N2O2S/c1-14-4-5-18-16(8-14)10-21(17(12-23-18)11-20(2)3)19(22)9-15-6-7-24-13-15/h4-8,13,17H,9-12H2,1-3H3/t17-/m1/s1. The smallest absolute Gasteiger partial charge is 0.227 e. The van der Waals surface area contributed by atoms with Crippen molar-refractivity contribution in [2.75, 3.05) is 27.2 Å². The lowest BCUT2D eigenvalue weighted by atomic mass is 10.1. The van der Waals surface area contributed by atoms with E-state index in [1.165, 1.54) is 5.56 Å². The van der Waals surface area contributed by atoms with E-state index in [9.17, 15) is 4.79 Å². The highest BCUT2D eigenvalue weighted by Crippen LogP contribution is 2.27. The lowest BCUT2D eigenvalue weighted by molar-refractivity contribution is -0.134. The van der Waals surface area contributed by atoms with E-state index in [-0.39, 0.29) is 11.9 Å². The summed E-state index contributed by atoms with van der Waals surface area (Å²) in [4.78, 5) is 17.1. The molecule has 0 saturated heterocycles. The van der Waals surface area contributed by atoms with Crippen molar-refractivity contribution in [2.45, 2.75) is 25.9 Å². The number of likely N-dealkylation sites (N-methyl/N-ethyl adjacent to an activating group) is 1. The molecule has 128 valence electrons. The Hall–Kier alpha value is -1.85. The molecule has 4 nitrogen and oxygen atoms in total. The number of fused-ring (bicyclic) bond motifs is 1. The summed E-state index contributed by atoms with van der Waals surface area (Å²) >= 11 is 1.63. The van der Waals surface area contributed by atoms with E-state index in [1.807, 2.05) is 41.9 Å². The molecule has 1 aliphatic rings. The summed E-state index contributed by atoms with van der Waals surface area (Å²) in [6.07, 6.45) is 0.453. The van der Waals surface area contributed by atoms with Gasteiger partial charge in [-0.25, -0.2) is 0 Å². The first kappa shape index (κ1) is 17.0. The van der Waals surface area contributed by atoms with Crippen LogP contribution in [0.15, 0.2) is 35.0 Å². The van der Waals surface area contributed by atoms with Gasteiger partial charge in [-0.2, -0.15) is 11.3 Å². The van der Waals surface area contributed by atoms with Crippen LogP contribution in [0.25, 0.3) is 0 Å². The molecule has 3 rings (SSSR count). The summed E-state index contributed by atoms with van der Waals surface area (Å²) < 4.78 is 6.01. The molecule has 1 aromatic carbocycles. The van der Waals surface area contributed by atoms with Crippen LogP contribution in [0.2, 0.25) is 0 Å². The zero-order valence-electron chi connectivity index (χ0n) is 14.5. The van der Waals surface area contributed by atoms with Crippen molar-refractivity contribution in [2.24, 2.45) is 0 Å². The van der Waals surface area contributed by atoms with Crippen LogP contribution in [0.5, 0.6) is 5.75 Å². The van der Waals surface area contributed by atoms with Crippen LogP contribution in [0, 0.1) is 6.92 Å². The summed E-state index contributed by atoms with van der Waals surface area (Å²) in [6.45, 7) is 4.00. The van der Waals surface area contributed by atoms with Gasteiger partial charge < -0.3 is 14.5 Å². The molecule has 2 aromatic rings. The van der Waals surface area contributed by atoms with Gasteiger partial charge in [-0.3, -0.25) is 4.79 Å². The molecule has 1 aliphatic heterocycles. The van der Waals surface area contributed by atoms with Crippen molar-refractivity contribution >= 4 is 17.2 Å². The normalized spacial score (nSPS) is 17.3. The highest BCUT2D eigenvalue weighted by Gasteiger charge is 2.29. The molecule has 1 amide bonds. The molecule has 0 unspecified atom stereocenters. The van der Waals surface area contributed by atoms with E-state index in [2.05, 4.69) is 24.0 Å². The van der Waals surface area contributed by atoms with Gasteiger partial charge in [0.2, 0.25) is 5.91 Å². The minimum atomic E-state index is 0.0545. The predicted molar refractivity (Wildman–Crippen MR) is 97.6 cm³/mol. The number of ether oxygens (including phenoxy) is 1. The van der Waals surface area contributed by atoms with Crippen LogP contribution in [-0.4, -0.2) is 49.0 Å². The Bertz CT molecular complexity index is 697. The highest BCUT2D eigenvalue weighted by atomic mass is 32.1. The SMILES string of the molecule is Cc1ccc2c(c1)CN(C(=O)Cc1ccsc1)[C@H](CN(C)C)CO2. The zero-order chi connectivity index (χ0) is 17.1. The minimum Gasteiger partial charge on any atom is -0.491 e. The molecule has 0 radical (unpaired) electrons. The van der Waals surface area contributed by atoms with Crippen LogP contribution in [0.4, 0.5) is 0 Å². The first-order valence-electron chi connectivity index (χ1n) is 8.20. The van der Waals surface area contributed by atoms with Crippen LogP contribution in [0.1, 0.15) is 16.7 Å². The van der Waals surface area contributed by atoms with E-state index in [4.69, 9.17) is 4.74 Å². The average Bonchev–Trinajstić information content (AvgIpc) is 2.96. The monoisotopic (exact) mass is 344 g/mol. The fourth-order valence-electron chi connectivity index (χ4n) is 3.10. The van der Waals surface area contributed by atoms with Gasteiger partial charge in [0.25, 0.3) is 0 Å². The van der Waals surface area contributed by atoms with Gasteiger partial charge in [0.15, 0.2) is 0 Å². The van der Waals surface area contributed by atoms with Gasteiger partial charge in [0.1, 0.15) is 12.4 Å². The fraction of sp³-hybridized carbons (Fsp3) is 0.421. The second-order valence-corrected chi connectivity index (χ2v) is 7.45. The van der Waals surface area contributed by atoms with Gasteiger partial charge in [-0.05, 0) is 49.5 Å². The topological polar surface area (TPSA) is 32.8 Å². The molecule has 1 aromatic heterocycles. The van der Waals surface area contributed by atoms with Crippen molar-refractivity contribution in [1.29, 1.82) is 0 Å². The molecule has 0 aliphatic carbocycles. The number of amides is 1. The molecule has 24 heavy (non-hydrogen) atoms. The van der Waals surface area contributed by atoms with Crippen LogP contribution in [-0.2, 0) is 17.8 Å². The van der Waals surface area contributed by atoms with Gasteiger partial charge in [0.05, 0.1) is 12.5 Å². The molecule has 0 bridgehead atoms. The van der Waals surface area contributed by atoms with Crippen LogP contribution >= 0.6 is 11.3 Å². The maximum Gasteiger partial charge on any atom is 0.227 e. The first-order chi connectivity index (χ1) is 11.5. The lowest BCUT2D eigenvalue weighted by Crippen LogP contribution is -2.47. The summed E-state index contributed by atoms with van der Waals surface area (Å²) in [5, 5.41) is 4.06. The first-order valence-corrected chi connectivity index (χ1v) is 9.15. The Morgan fingerprint density at radius 1 is 1.38 bits per heavy atom. The average molecular weight is 344 g/mol. The molecule has 0 fully saturated rings. The number of nitrogens with zero attached hydrogens (tertiary/aromatic N) is 2. The van der Waals surface area contributed by atoms with Crippen LogP contribution in [0.3, 0.4) is 0 Å². The predicted octanol–water partition coefficient (Wildman–Crippen LogP) is 2.95. The third kappa shape index (κ3) is 3.97. The number of thiophene rings is 1. The van der Waals surface area contributed by atoms with Crippen LogP contribution < -0.4 is 4.74 Å². The summed E-state index contributed by atoms with van der Waals surface area (Å²) in [7, 11) is 4.06. The maximum atomic E-state index is 13.0. The zero-order valence-corrected chi connectivity index (χ0v) is 15.3. The Morgan fingerprint density at radius 3 is 2.92 bits per heavy atom. The second-order valence-electron chi connectivity index (χ2n) is 6.67. The Morgan fingerprint density at radius 2 is 2.21 bits per heavy atom. The number of benzene rings is 1. The Balaban J connectivity index is 1.86. The Labute approximate surface area is 147 Å². The summed E-state index contributed by atoms with van der Waals surface area (Å²) in [5.74, 6) is 1.06. The van der Waals surface area contributed by atoms with Crippen molar-refractivity contribution in [3.63, 3.8) is 0 Å². The number of carbonyl (C=O) groups is 1. The van der Waals surface area contributed by atoms with Gasteiger partial charge >= 0.3 is 0 Å². The minimum absolute atomic E-state index is 0.0545. The number of rotatable bonds is 4. The molecule has 0 N–H and O–H groups in total. The molecule has 0 spiro atoms. The van der Waals surface area contributed by atoms with Gasteiger partial charge in [-0.15, -0.1) is 0 Å². The van der Waals surface area contributed by atoms with Crippen molar-refractivity contribution < 1.29 is 9.53 Å². The van der Waals surface area contributed by atoms with E-state index >= 15 is 0 Å². The number of carbonyl (C=O) groups excluding carboxylic acids is 1. The summed E-state index contributed by atoms with van der Waals surface area (Å²) in [6, 6.07) is 8.28. The number of aryl methyl sites for hydroxylation is 1. The number of hydrogen-bond donors (Lipinski definition) is 0. The molecule has 2 heterocycles. The molecule has 1 atom stereocenters. The molecular weight excluding hydrogens is 320 g/mol. The highest BCUT2D eigenvalue weighted by molar-refractivity contribution is 7.08. The van der Waals surface area contributed by atoms with E-state index in [1.54, 1.807) is 11.3 Å². The van der Waals surface area contributed by atoms with Crippen molar-refractivity contribution in [3.8, 4) is 5.75 Å². The third-order valence-corrected chi connectivity index (χ3v) is 4.99. The molecule has 0 saturated carbocycles. The third-order valence-electron chi connectivity index (χ3n) is 4.26. The van der Waals surface area contributed by atoms with E-state index in [0.717, 1.165) is 23.4 Å². The number of hydrogen-bond acceptors (Lipinski definition) is 4. The maximum absolute atomic E-state index is 13.0. The second kappa shape index (κ2) is 7.36. The summed E-state index contributed by atoms with van der Waals surface area (Å²) in [5.41, 5.74) is 3.37. The fourth-order valence-corrected chi connectivity index (χ4v) is 3.76.